The van der Waals surface area contributed by atoms with Gasteiger partial charge in [-0.1, -0.05) is 30.3 Å². The maximum absolute atomic E-state index is 10.8. The Morgan fingerprint density at radius 3 is 2.38 bits per heavy atom. The zero-order valence-corrected chi connectivity index (χ0v) is 9.21. The average molecular weight is 245 g/mol. The van der Waals surface area contributed by atoms with E-state index in [-0.39, 0.29) is 0 Å². The summed E-state index contributed by atoms with van der Waals surface area (Å²) in [5, 5.41) is 11.9. The van der Waals surface area contributed by atoms with Crippen molar-refractivity contribution in [2.75, 3.05) is 6.29 Å². The van der Waals surface area contributed by atoms with Crippen LogP contribution >= 0.6 is 7.60 Å². The van der Waals surface area contributed by atoms with E-state index >= 15 is 0 Å². The summed E-state index contributed by atoms with van der Waals surface area (Å²) in [6.07, 6.45) is -0.583. The van der Waals surface area contributed by atoms with Gasteiger partial charge in [0.1, 0.15) is 5.97 Å². The van der Waals surface area contributed by atoms with Gasteiger partial charge < -0.3 is 25.0 Å². The largest absolute Gasteiger partial charge is 0.544 e. The van der Waals surface area contributed by atoms with Crippen molar-refractivity contribution < 1.29 is 29.6 Å². The second-order valence-corrected chi connectivity index (χ2v) is 4.98. The summed E-state index contributed by atoms with van der Waals surface area (Å²) in [7, 11) is -4.23. The number of benzene rings is 1. The zero-order valence-electron chi connectivity index (χ0n) is 8.31. The van der Waals surface area contributed by atoms with Gasteiger partial charge >= 0.3 is 7.60 Å². The Hall–Kier alpha value is -1.20. The minimum atomic E-state index is -4.23. The molecule has 7 heteroatoms. The Kier molecular flexibility index (Phi) is 4.20. The summed E-state index contributed by atoms with van der Waals surface area (Å²) < 4.78 is 10.6. The molecular weight excluding hydrogens is 233 g/mol. The molecule has 1 atom stereocenters. The highest BCUT2D eigenvalue weighted by molar-refractivity contribution is 7.51. The molecule has 0 aliphatic carbocycles. The van der Waals surface area contributed by atoms with E-state index in [1.165, 1.54) is 0 Å². The Balaban J connectivity index is 2.78. The number of rotatable bonds is 5. The molecule has 1 aromatic rings. The first-order chi connectivity index (χ1) is 7.40. The first-order valence-corrected chi connectivity index (χ1v) is 6.33. The van der Waals surface area contributed by atoms with Crippen LogP contribution in [0.3, 0.4) is 0 Å². The maximum Gasteiger partial charge on any atom is 0.379 e. The molecule has 1 rings (SSSR count). The number of aliphatic carboxylic acids is 1. The highest BCUT2D eigenvalue weighted by atomic mass is 31.2. The van der Waals surface area contributed by atoms with E-state index in [1.807, 2.05) is 0 Å². The lowest BCUT2D eigenvalue weighted by Crippen LogP contribution is -2.87. The molecule has 0 aromatic heterocycles. The normalized spacial score (nSPS) is 13.4. The van der Waals surface area contributed by atoms with Gasteiger partial charge in [-0.15, -0.1) is 0 Å². The summed E-state index contributed by atoms with van der Waals surface area (Å²) >= 11 is 0. The molecule has 16 heavy (non-hydrogen) atoms. The van der Waals surface area contributed by atoms with Crippen LogP contribution in [0.15, 0.2) is 30.3 Å². The molecule has 0 amide bonds. The third kappa shape index (κ3) is 4.12. The Morgan fingerprint density at radius 1 is 1.38 bits per heavy atom. The number of nitrogens with two attached hydrogens (primary N) is 1. The monoisotopic (exact) mass is 245 g/mol. The Labute approximate surface area is 92.1 Å². The highest BCUT2D eigenvalue weighted by Gasteiger charge is 2.22. The van der Waals surface area contributed by atoms with Gasteiger partial charge in [0, 0.05) is 5.56 Å². The molecule has 0 aliphatic heterocycles. The second kappa shape index (κ2) is 5.23. The molecule has 88 valence electrons. The van der Waals surface area contributed by atoms with Crippen LogP contribution in [-0.2, 0) is 9.36 Å². The summed E-state index contributed by atoms with van der Waals surface area (Å²) in [6, 6.07) is 7.05. The molecule has 4 N–H and O–H groups in total. The standard InChI is InChI=1S/C9H12NO5P/c11-9(12)8(10-6-16(13,14)15)7-4-2-1-3-5-7/h1-5,8,10H,6H2,(H,11,12)(H2,13,14,15). The van der Waals surface area contributed by atoms with E-state index < -0.39 is 25.9 Å². The molecule has 0 aliphatic rings. The van der Waals surface area contributed by atoms with Crippen molar-refractivity contribution in [1.29, 1.82) is 0 Å². The molecule has 1 unspecified atom stereocenters. The number of carboxylic acids is 1. The third-order valence-corrected chi connectivity index (χ3v) is 2.68. The van der Waals surface area contributed by atoms with Gasteiger partial charge in [0.2, 0.25) is 0 Å². The number of quaternary nitrogens is 1. The van der Waals surface area contributed by atoms with E-state index in [0.29, 0.717) is 5.56 Å². The lowest BCUT2D eigenvalue weighted by molar-refractivity contribution is -0.676. The highest BCUT2D eigenvalue weighted by Crippen LogP contribution is 2.30. The van der Waals surface area contributed by atoms with E-state index in [4.69, 9.17) is 9.79 Å². The van der Waals surface area contributed by atoms with Crippen LogP contribution in [0.2, 0.25) is 0 Å². The second-order valence-electron chi connectivity index (χ2n) is 3.29. The first-order valence-electron chi connectivity index (χ1n) is 4.54. The molecule has 0 saturated carbocycles. The molecule has 0 spiro atoms. The molecule has 6 nitrogen and oxygen atoms in total. The van der Waals surface area contributed by atoms with E-state index in [1.54, 1.807) is 30.3 Å². The van der Waals surface area contributed by atoms with Crippen LogP contribution < -0.4 is 10.4 Å². The summed E-state index contributed by atoms with van der Waals surface area (Å²) in [6.45, 7) is 0. The molecule has 0 heterocycles. The van der Waals surface area contributed by atoms with Crippen molar-refractivity contribution in [2.24, 2.45) is 0 Å². The van der Waals surface area contributed by atoms with Gasteiger partial charge in [0.25, 0.3) is 0 Å². The maximum atomic E-state index is 10.8. The van der Waals surface area contributed by atoms with E-state index in [0.717, 1.165) is 5.32 Å². The summed E-state index contributed by atoms with van der Waals surface area (Å²) in [5.74, 6) is -1.38. The predicted molar refractivity (Wildman–Crippen MR) is 53.0 cm³/mol. The third-order valence-electron chi connectivity index (χ3n) is 1.99. The minimum absolute atomic E-state index is 0.441. The van der Waals surface area contributed by atoms with Gasteiger partial charge in [0.15, 0.2) is 12.3 Å². The predicted octanol–water partition coefficient (Wildman–Crippen LogP) is -1.82. The van der Waals surface area contributed by atoms with Crippen LogP contribution in [0, 0.1) is 0 Å². The van der Waals surface area contributed by atoms with E-state index in [2.05, 4.69) is 0 Å². The van der Waals surface area contributed by atoms with Gasteiger partial charge in [0.05, 0.1) is 0 Å². The van der Waals surface area contributed by atoms with Gasteiger partial charge in [-0.05, 0) is 0 Å². The van der Waals surface area contributed by atoms with Gasteiger partial charge in [-0.25, -0.2) is 0 Å². The van der Waals surface area contributed by atoms with Crippen molar-refractivity contribution in [3.05, 3.63) is 35.9 Å². The van der Waals surface area contributed by atoms with Crippen molar-refractivity contribution in [3.8, 4) is 0 Å². The Bertz CT molecular complexity index is 402. The molecular formula is C9H12NO5P. The van der Waals surface area contributed by atoms with Gasteiger partial charge in [-0.3, -0.25) is 4.57 Å². The average Bonchev–Trinajstić information content (AvgIpc) is 2.17. The molecule has 0 saturated heterocycles. The number of hydrogen-bond donors (Lipinski definition) is 3. The first kappa shape index (κ1) is 12.9. The Morgan fingerprint density at radius 2 is 1.94 bits per heavy atom. The topological polar surface area (TPSA) is 114 Å². The fourth-order valence-corrected chi connectivity index (χ4v) is 1.76. The number of carboxylic acid groups (broad SMARTS) is 1. The molecule has 1 aromatic carbocycles. The quantitative estimate of drug-likeness (QED) is 0.528. The SMILES string of the molecule is O=C([O-])C([NH2+]CP(=O)(O)O)c1ccccc1. The summed E-state index contributed by atoms with van der Waals surface area (Å²) in [4.78, 5) is 28.1. The van der Waals surface area contributed by atoms with Gasteiger partial charge in [-0.2, -0.15) is 0 Å². The van der Waals surface area contributed by atoms with Crippen molar-refractivity contribution >= 4 is 13.6 Å². The van der Waals surface area contributed by atoms with Crippen LogP contribution in [0.5, 0.6) is 0 Å². The van der Waals surface area contributed by atoms with Crippen molar-refractivity contribution in [2.45, 2.75) is 6.04 Å². The van der Waals surface area contributed by atoms with E-state index in [9.17, 15) is 14.5 Å². The number of carbonyl (C=O) groups excluding carboxylic acids is 1. The van der Waals surface area contributed by atoms with Crippen LogP contribution in [0.25, 0.3) is 0 Å². The lowest BCUT2D eigenvalue weighted by atomic mass is 10.1. The molecule has 0 fully saturated rings. The fourth-order valence-electron chi connectivity index (χ4n) is 1.27. The number of carbonyl (C=O) groups is 1. The minimum Gasteiger partial charge on any atom is -0.544 e. The van der Waals surface area contributed by atoms with Crippen LogP contribution in [0.4, 0.5) is 0 Å². The lowest BCUT2D eigenvalue weighted by Gasteiger charge is -2.16. The smallest absolute Gasteiger partial charge is 0.379 e. The molecule has 0 radical (unpaired) electrons. The zero-order chi connectivity index (χ0) is 12.2. The van der Waals surface area contributed by atoms with Crippen LogP contribution in [-0.4, -0.2) is 22.0 Å². The summed E-state index contributed by atoms with van der Waals surface area (Å²) in [5.41, 5.74) is 0.441. The number of hydrogen-bond acceptors (Lipinski definition) is 3. The van der Waals surface area contributed by atoms with Crippen molar-refractivity contribution in [3.63, 3.8) is 0 Å². The molecule has 0 bridgehead atoms. The fraction of sp³-hybridized carbons (Fsp3) is 0.222. The van der Waals surface area contributed by atoms with Crippen LogP contribution in [0.1, 0.15) is 11.6 Å². The van der Waals surface area contributed by atoms with Crippen molar-refractivity contribution in [1.82, 2.24) is 0 Å².